The average molecular weight is 161 g/mol. The summed E-state index contributed by atoms with van der Waals surface area (Å²) in [5.74, 6) is -0.478. The second-order valence-electron chi connectivity index (χ2n) is 2.31. The summed E-state index contributed by atoms with van der Waals surface area (Å²) >= 11 is 0. The van der Waals surface area contributed by atoms with E-state index in [4.69, 9.17) is 15.6 Å². The number of hydrogen-bond donors (Lipinski definition) is 2. The number of primary amides is 1. The Bertz CT molecular complexity index is 116. The molecule has 0 radical (unpaired) electrons. The molecule has 0 fully saturated rings. The second-order valence-corrected chi connectivity index (χ2v) is 2.31. The summed E-state index contributed by atoms with van der Waals surface area (Å²) in [5.41, 5.74) is 4.86. The minimum atomic E-state index is -0.654. The first-order valence-corrected chi connectivity index (χ1v) is 3.71. The number of hydrogen-bond acceptors (Lipinski definition) is 3. The predicted molar refractivity (Wildman–Crippen MR) is 40.9 cm³/mol. The van der Waals surface area contributed by atoms with Crippen molar-refractivity contribution >= 4 is 5.91 Å². The van der Waals surface area contributed by atoms with Crippen LogP contribution in [0, 0.1) is 0 Å². The van der Waals surface area contributed by atoms with Crippen LogP contribution in [0.1, 0.15) is 19.8 Å². The second kappa shape index (κ2) is 6.12. The normalized spacial score (nSPS) is 12.9. The van der Waals surface area contributed by atoms with Crippen LogP contribution in [0.4, 0.5) is 0 Å². The molecule has 4 heteroatoms. The van der Waals surface area contributed by atoms with Gasteiger partial charge in [0.1, 0.15) is 0 Å². The third-order valence-corrected chi connectivity index (χ3v) is 1.24. The van der Waals surface area contributed by atoms with Gasteiger partial charge in [0.05, 0.1) is 12.5 Å². The van der Waals surface area contributed by atoms with Crippen molar-refractivity contribution in [3.05, 3.63) is 0 Å². The minimum absolute atomic E-state index is 0.0209. The number of nitrogens with two attached hydrogens (primary N) is 1. The van der Waals surface area contributed by atoms with Gasteiger partial charge >= 0.3 is 0 Å². The van der Waals surface area contributed by atoms with Crippen molar-refractivity contribution in [2.75, 3.05) is 13.2 Å². The van der Waals surface area contributed by atoms with Crippen molar-refractivity contribution in [1.29, 1.82) is 0 Å². The molecule has 0 rings (SSSR count). The Hall–Kier alpha value is -0.610. The van der Waals surface area contributed by atoms with E-state index in [1.54, 1.807) is 0 Å². The van der Waals surface area contributed by atoms with Gasteiger partial charge in [0.15, 0.2) is 0 Å². The summed E-state index contributed by atoms with van der Waals surface area (Å²) in [4.78, 5) is 10.3. The van der Waals surface area contributed by atoms with Gasteiger partial charge in [0.2, 0.25) is 5.91 Å². The third-order valence-electron chi connectivity index (χ3n) is 1.24. The molecule has 4 nitrogen and oxygen atoms in total. The van der Waals surface area contributed by atoms with E-state index < -0.39 is 12.0 Å². The van der Waals surface area contributed by atoms with Gasteiger partial charge in [0, 0.05) is 13.2 Å². The van der Waals surface area contributed by atoms with Crippen LogP contribution in [0.25, 0.3) is 0 Å². The van der Waals surface area contributed by atoms with Gasteiger partial charge < -0.3 is 15.6 Å². The van der Waals surface area contributed by atoms with Crippen LogP contribution >= 0.6 is 0 Å². The molecular formula is C7H15NO3. The van der Waals surface area contributed by atoms with E-state index >= 15 is 0 Å². The molecule has 0 heterocycles. The van der Waals surface area contributed by atoms with E-state index in [9.17, 15) is 4.79 Å². The van der Waals surface area contributed by atoms with Gasteiger partial charge in [-0.05, 0) is 13.3 Å². The van der Waals surface area contributed by atoms with E-state index in [1.165, 1.54) is 0 Å². The maximum atomic E-state index is 10.3. The number of amides is 1. The summed E-state index contributed by atoms with van der Waals surface area (Å²) in [6.45, 7) is 2.98. The molecule has 0 aliphatic carbocycles. The molecule has 66 valence electrons. The van der Waals surface area contributed by atoms with Crippen LogP contribution in [-0.4, -0.2) is 30.3 Å². The summed E-state index contributed by atoms with van der Waals surface area (Å²) in [7, 11) is 0. The summed E-state index contributed by atoms with van der Waals surface area (Å²) in [5, 5.41) is 9.07. The Balaban J connectivity index is 3.22. The quantitative estimate of drug-likeness (QED) is 0.523. The zero-order chi connectivity index (χ0) is 8.69. The van der Waals surface area contributed by atoms with E-state index in [0.717, 1.165) is 0 Å². The van der Waals surface area contributed by atoms with Gasteiger partial charge in [-0.1, -0.05) is 0 Å². The molecule has 0 aliphatic rings. The molecule has 1 atom stereocenters. The van der Waals surface area contributed by atoms with E-state index in [0.29, 0.717) is 19.6 Å². The lowest BCUT2D eigenvalue weighted by Crippen LogP contribution is -2.21. The van der Waals surface area contributed by atoms with Gasteiger partial charge in [0.25, 0.3) is 0 Å². The van der Waals surface area contributed by atoms with Crippen LogP contribution in [-0.2, 0) is 9.53 Å². The molecule has 11 heavy (non-hydrogen) atoms. The molecule has 0 spiro atoms. The first-order chi connectivity index (χ1) is 5.16. The number of rotatable bonds is 6. The van der Waals surface area contributed by atoms with Crippen LogP contribution in [0.5, 0.6) is 0 Å². The van der Waals surface area contributed by atoms with Crippen molar-refractivity contribution in [3.63, 3.8) is 0 Å². The first-order valence-electron chi connectivity index (χ1n) is 3.71. The highest BCUT2D eigenvalue weighted by Crippen LogP contribution is 1.96. The van der Waals surface area contributed by atoms with Crippen LogP contribution in [0.2, 0.25) is 0 Å². The monoisotopic (exact) mass is 161 g/mol. The third kappa shape index (κ3) is 7.29. The Morgan fingerprint density at radius 2 is 2.36 bits per heavy atom. The number of carbonyl (C=O) groups excluding carboxylic acids is 1. The highest BCUT2D eigenvalue weighted by molar-refractivity contribution is 5.74. The Kier molecular flexibility index (Phi) is 5.78. The number of aliphatic hydroxyl groups is 1. The van der Waals surface area contributed by atoms with Gasteiger partial charge in [-0.2, -0.15) is 0 Å². The lowest BCUT2D eigenvalue weighted by molar-refractivity contribution is -0.120. The van der Waals surface area contributed by atoms with Crippen molar-refractivity contribution in [2.24, 2.45) is 5.73 Å². The molecule has 1 unspecified atom stereocenters. The van der Waals surface area contributed by atoms with Crippen LogP contribution in [0.3, 0.4) is 0 Å². The molecule has 0 aromatic heterocycles. The summed E-state index contributed by atoms with van der Waals surface area (Å²) < 4.78 is 4.97. The molecule has 0 saturated heterocycles. The van der Waals surface area contributed by atoms with Crippen molar-refractivity contribution in [3.8, 4) is 0 Å². The largest absolute Gasteiger partial charge is 0.393 e. The fourth-order valence-electron chi connectivity index (χ4n) is 0.698. The van der Waals surface area contributed by atoms with E-state index in [2.05, 4.69) is 0 Å². The molecular weight excluding hydrogens is 146 g/mol. The van der Waals surface area contributed by atoms with E-state index in [1.807, 2.05) is 6.92 Å². The zero-order valence-electron chi connectivity index (χ0n) is 6.75. The highest BCUT2D eigenvalue weighted by atomic mass is 16.5. The van der Waals surface area contributed by atoms with E-state index in [-0.39, 0.29) is 6.42 Å². The number of ether oxygens (including phenoxy) is 1. The average Bonchev–Trinajstić information content (AvgIpc) is 1.86. The topological polar surface area (TPSA) is 72.6 Å². The molecule has 0 bridgehead atoms. The molecule has 0 saturated carbocycles. The summed E-state index contributed by atoms with van der Waals surface area (Å²) in [6.07, 6.45) is -0.164. The van der Waals surface area contributed by atoms with Gasteiger partial charge in [-0.3, -0.25) is 4.79 Å². The zero-order valence-corrected chi connectivity index (χ0v) is 6.75. The van der Waals surface area contributed by atoms with Crippen molar-refractivity contribution in [1.82, 2.24) is 0 Å². The fourth-order valence-corrected chi connectivity index (χ4v) is 0.698. The van der Waals surface area contributed by atoms with Crippen LogP contribution < -0.4 is 5.73 Å². The lowest BCUT2D eigenvalue weighted by atomic mass is 10.2. The Morgan fingerprint density at radius 1 is 1.73 bits per heavy atom. The number of carbonyl (C=O) groups is 1. The molecule has 0 aromatic carbocycles. The fraction of sp³-hybridized carbons (Fsp3) is 0.857. The van der Waals surface area contributed by atoms with Crippen molar-refractivity contribution in [2.45, 2.75) is 25.9 Å². The maximum absolute atomic E-state index is 10.3. The number of aliphatic hydroxyl groups excluding tert-OH is 1. The maximum Gasteiger partial charge on any atom is 0.220 e. The molecule has 1 amide bonds. The van der Waals surface area contributed by atoms with Gasteiger partial charge in [-0.25, -0.2) is 0 Å². The highest BCUT2D eigenvalue weighted by Gasteiger charge is 2.06. The Morgan fingerprint density at radius 3 is 2.82 bits per heavy atom. The standard InChI is InChI=1S/C7H15NO3/c1-2-11-4-3-6(9)5-7(8)10/h6,9H,2-5H2,1H3,(H2,8,10). The summed E-state index contributed by atoms with van der Waals surface area (Å²) in [6, 6.07) is 0. The molecule has 0 aliphatic heterocycles. The SMILES string of the molecule is CCOCCC(O)CC(N)=O. The lowest BCUT2D eigenvalue weighted by Gasteiger charge is -2.06. The van der Waals surface area contributed by atoms with Crippen LogP contribution in [0.15, 0.2) is 0 Å². The Labute approximate surface area is 66.3 Å². The first kappa shape index (κ1) is 10.4. The van der Waals surface area contributed by atoms with Gasteiger partial charge in [-0.15, -0.1) is 0 Å². The van der Waals surface area contributed by atoms with Crippen molar-refractivity contribution < 1.29 is 14.6 Å². The predicted octanol–water partition coefficient (Wildman–Crippen LogP) is -0.351. The molecule has 3 N–H and O–H groups in total. The smallest absolute Gasteiger partial charge is 0.220 e. The molecule has 0 aromatic rings. The minimum Gasteiger partial charge on any atom is -0.393 e.